The Morgan fingerprint density at radius 1 is 0.853 bits per heavy atom. The molecular formula is C25H23N3O5S. The van der Waals surface area contributed by atoms with Crippen LogP contribution in [0.3, 0.4) is 0 Å². The topological polar surface area (TPSA) is 139 Å². The number of carboxylic acid groups (broad SMARTS) is 1. The van der Waals surface area contributed by atoms with Crippen LogP contribution in [0, 0.1) is 0 Å². The lowest BCUT2D eigenvalue weighted by Crippen LogP contribution is -2.22. The van der Waals surface area contributed by atoms with E-state index >= 15 is 0 Å². The van der Waals surface area contributed by atoms with Crippen molar-refractivity contribution < 1.29 is 24.3 Å². The summed E-state index contributed by atoms with van der Waals surface area (Å²) in [6.07, 6.45) is -0.398. The lowest BCUT2D eigenvalue weighted by molar-refractivity contribution is -0.138. The van der Waals surface area contributed by atoms with E-state index in [9.17, 15) is 19.2 Å². The Hall–Kier alpha value is -4.11. The van der Waals surface area contributed by atoms with Gasteiger partial charge in [0.1, 0.15) is 5.25 Å². The van der Waals surface area contributed by atoms with E-state index in [4.69, 9.17) is 10.8 Å². The molecule has 8 nitrogen and oxygen atoms in total. The smallest absolute Gasteiger partial charge is 0.303 e. The van der Waals surface area contributed by atoms with Gasteiger partial charge < -0.3 is 21.5 Å². The van der Waals surface area contributed by atoms with Gasteiger partial charge >= 0.3 is 5.97 Å². The summed E-state index contributed by atoms with van der Waals surface area (Å²) in [4.78, 5) is 48.4. The minimum atomic E-state index is -1.05. The summed E-state index contributed by atoms with van der Waals surface area (Å²) in [5.74, 6) is -2.45. The Morgan fingerprint density at radius 2 is 1.56 bits per heavy atom. The van der Waals surface area contributed by atoms with E-state index in [0.717, 1.165) is 5.56 Å². The van der Waals surface area contributed by atoms with Crippen molar-refractivity contribution in [3.05, 3.63) is 90.0 Å². The van der Waals surface area contributed by atoms with Gasteiger partial charge in [0.05, 0.1) is 17.7 Å². The molecule has 0 aliphatic rings. The predicted octanol–water partition coefficient (Wildman–Crippen LogP) is 4.06. The summed E-state index contributed by atoms with van der Waals surface area (Å²) >= 11 is 1.27. The van der Waals surface area contributed by atoms with Gasteiger partial charge in [-0.25, -0.2) is 0 Å². The molecule has 9 heteroatoms. The van der Waals surface area contributed by atoms with Gasteiger partial charge in [0.2, 0.25) is 11.8 Å². The number of nitrogens with two attached hydrogens (primary N) is 1. The van der Waals surface area contributed by atoms with Crippen molar-refractivity contribution in [1.82, 2.24) is 0 Å². The second-order valence-corrected chi connectivity index (χ2v) is 8.46. The van der Waals surface area contributed by atoms with E-state index in [0.29, 0.717) is 16.3 Å². The number of anilines is 2. The second kappa shape index (κ2) is 11.7. The van der Waals surface area contributed by atoms with Gasteiger partial charge in [0.15, 0.2) is 0 Å². The van der Waals surface area contributed by atoms with Crippen LogP contribution >= 0.6 is 11.8 Å². The molecule has 0 aliphatic heterocycles. The van der Waals surface area contributed by atoms with Crippen molar-refractivity contribution in [1.29, 1.82) is 0 Å². The minimum absolute atomic E-state index is 0.138. The zero-order chi connectivity index (χ0) is 24.5. The van der Waals surface area contributed by atoms with Gasteiger partial charge in [-0.15, -0.1) is 11.8 Å². The average Bonchev–Trinajstić information content (AvgIpc) is 2.82. The number of rotatable bonds is 10. The number of benzene rings is 3. The van der Waals surface area contributed by atoms with E-state index in [1.54, 1.807) is 48.5 Å². The summed E-state index contributed by atoms with van der Waals surface area (Å²) in [7, 11) is 0. The number of amides is 3. The maximum Gasteiger partial charge on any atom is 0.303 e. The first-order chi connectivity index (χ1) is 16.3. The van der Waals surface area contributed by atoms with E-state index in [1.165, 1.54) is 11.8 Å². The second-order valence-electron chi connectivity index (χ2n) is 7.28. The van der Waals surface area contributed by atoms with Gasteiger partial charge in [-0.05, 0) is 35.9 Å². The molecule has 0 saturated heterocycles. The highest BCUT2D eigenvalue weighted by Crippen LogP contribution is 2.37. The number of hydrogen-bond acceptors (Lipinski definition) is 5. The van der Waals surface area contributed by atoms with Crippen LogP contribution in [0.15, 0.2) is 83.8 Å². The van der Waals surface area contributed by atoms with Crippen molar-refractivity contribution >= 4 is 46.8 Å². The van der Waals surface area contributed by atoms with Gasteiger partial charge in [0.25, 0.3) is 5.91 Å². The standard InChI is InChI=1S/C25H23N3O5S/c26-24(32)19-11-4-5-12-20(19)28-25(33)23(16-7-2-1-3-8-16)34-18-10-6-9-17(15-18)27-21(29)13-14-22(30)31/h1-12,15,23H,13-14H2,(H2,26,32)(H,27,29)(H,28,33)(H,30,31). The Bertz CT molecular complexity index is 1200. The molecule has 0 fully saturated rings. The van der Waals surface area contributed by atoms with E-state index in [-0.39, 0.29) is 24.3 Å². The summed E-state index contributed by atoms with van der Waals surface area (Å²) in [5.41, 5.74) is 7.20. The van der Waals surface area contributed by atoms with Crippen LogP contribution in [-0.4, -0.2) is 28.8 Å². The van der Waals surface area contributed by atoms with E-state index in [1.807, 2.05) is 30.3 Å². The van der Waals surface area contributed by atoms with Crippen LogP contribution in [0.1, 0.15) is 34.0 Å². The molecule has 3 aromatic carbocycles. The SMILES string of the molecule is NC(=O)c1ccccc1NC(=O)C(Sc1cccc(NC(=O)CCC(=O)O)c1)c1ccccc1. The fourth-order valence-electron chi connectivity index (χ4n) is 3.13. The molecule has 3 amide bonds. The fraction of sp³-hybridized carbons (Fsp3) is 0.120. The highest BCUT2D eigenvalue weighted by Gasteiger charge is 2.23. The molecule has 0 saturated carbocycles. The Morgan fingerprint density at radius 3 is 2.26 bits per heavy atom. The number of thioether (sulfide) groups is 1. The van der Waals surface area contributed by atoms with E-state index in [2.05, 4.69) is 10.6 Å². The Labute approximate surface area is 200 Å². The van der Waals surface area contributed by atoms with Crippen LogP contribution < -0.4 is 16.4 Å². The van der Waals surface area contributed by atoms with Crippen molar-refractivity contribution in [2.75, 3.05) is 10.6 Å². The predicted molar refractivity (Wildman–Crippen MR) is 131 cm³/mol. The van der Waals surface area contributed by atoms with Gasteiger partial charge in [0, 0.05) is 17.0 Å². The van der Waals surface area contributed by atoms with Crippen LogP contribution in [0.4, 0.5) is 11.4 Å². The molecular weight excluding hydrogens is 454 g/mol. The molecule has 1 atom stereocenters. The number of carbonyl (C=O) groups excluding carboxylic acids is 3. The Balaban J connectivity index is 1.82. The maximum atomic E-state index is 13.3. The molecule has 0 radical (unpaired) electrons. The van der Waals surface area contributed by atoms with Crippen LogP contribution in [0.25, 0.3) is 0 Å². The molecule has 0 aromatic heterocycles. The Kier molecular flexibility index (Phi) is 8.42. The summed E-state index contributed by atoms with van der Waals surface area (Å²) < 4.78 is 0. The van der Waals surface area contributed by atoms with Crippen LogP contribution in [-0.2, 0) is 14.4 Å². The number of carboxylic acids is 1. The summed E-state index contributed by atoms with van der Waals surface area (Å²) in [6, 6.07) is 22.6. The first-order valence-corrected chi connectivity index (χ1v) is 11.2. The quantitative estimate of drug-likeness (QED) is 0.325. The van der Waals surface area contributed by atoms with Gasteiger partial charge in [-0.2, -0.15) is 0 Å². The molecule has 5 N–H and O–H groups in total. The van der Waals surface area contributed by atoms with Crippen molar-refractivity contribution in [3.8, 4) is 0 Å². The molecule has 0 aliphatic carbocycles. The zero-order valence-electron chi connectivity index (χ0n) is 18.1. The zero-order valence-corrected chi connectivity index (χ0v) is 18.9. The van der Waals surface area contributed by atoms with Crippen molar-refractivity contribution in [2.45, 2.75) is 23.0 Å². The van der Waals surface area contributed by atoms with Crippen LogP contribution in [0.5, 0.6) is 0 Å². The van der Waals surface area contributed by atoms with Gasteiger partial charge in [-0.1, -0.05) is 48.5 Å². The van der Waals surface area contributed by atoms with Gasteiger partial charge in [-0.3, -0.25) is 19.2 Å². The number of primary amides is 1. The largest absolute Gasteiger partial charge is 0.481 e. The lowest BCUT2D eigenvalue weighted by atomic mass is 10.1. The molecule has 1 unspecified atom stereocenters. The molecule has 0 spiro atoms. The molecule has 0 bridgehead atoms. The highest BCUT2D eigenvalue weighted by molar-refractivity contribution is 8.00. The number of hydrogen-bond donors (Lipinski definition) is 4. The molecule has 3 rings (SSSR count). The molecule has 34 heavy (non-hydrogen) atoms. The van der Waals surface area contributed by atoms with Crippen molar-refractivity contribution in [3.63, 3.8) is 0 Å². The molecule has 3 aromatic rings. The number of nitrogens with one attached hydrogen (secondary N) is 2. The summed E-state index contributed by atoms with van der Waals surface area (Å²) in [5, 5.41) is 13.5. The summed E-state index contributed by atoms with van der Waals surface area (Å²) in [6.45, 7) is 0. The first kappa shape index (κ1) is 24.5. The fourth-order valence-corrected chi connectivity index (χ4v) is 4.22. The van der Waals surface area contributed by atoms with E-state index < -0.39 is 23.0 Å². The maximum absolute atomic E-state index is 13.3. The number of para-hydroxylation sites is 1. The third-order valence-electron chi connectivity index (χ3n) is 4.73. The monoisotopic (exact) mass is 477 g/mol. The highest BCUT2D eigenvalue weighted by atomic mass is 32.2. The third kappa shape index (κ3) is 6.94. The van der Waals surface area contributed by atoms with Crippen molar-refractivity contribution in [2.24, 2.45) is 5.73 Å². The normalized spacial score (nSPS) is 11.3. The number of carbonyl (C=O) groups is 4. The molecule has 0 heterocycles. The first-order valence-electron chi connectivity index (χ1n) is 10.4. The van der Waals surface area contributed by atoms with Crippen LogP contribution in [0.2, 0.25) is 0 Å². The lowest BCUT2D eigenvalue weighted by Gasteiger charge is -2.18. The number of aliphatic carboxylic acids is 1. The average molecular weight is 478 g/mol. The minimum Gasteiger partial charge on any atom is -0.481 e. The molecule has 174 valence electrons. The third-order valence-corrected chi connectivity index (χ3v) is 5.98.